The number of carboxylic acid groups (broad SMARTS) is 1. The molecule has 1 amide bonds. The molecular weight excluding hydrogens is 300 g/mol. The standard InChI is InChI=1S/C16H20N2O5/c1-4-9(2)13(15(21)16(17)22)14-10(18-3)6-5-7-11(14)23-8-12(19)20/h5-7,18H,4,8H2,1-3H3,(H2,17,22)(H,19,20)/b13-9-. The second-order valence-corrected chi connectivity index (χ2v) is 4.81. The number of aliphatic carboxylic acids is 1. The van der Waals surface area contributed by atoms with Gasteiger partial charge in [-0.2, -0.15) is 0 Å². The van der Waals surface area contributed by atoms with Crippen LogP contribution in [0.25, 0.3) is 5.57 Å². The number of hydrogen-bond donors (Lipinski definition) is 3. The van der Waals surface area contributed by atoms with Gasteiger partial charge >= 0.3 is 5.97 Å². The molecule has 23 heavy (non-hydrogen) atoms. The SMILES string of the molecule is CC/C(C)=C(\C(=O)C(N)=O)c1c(NC)cccc1OCC(=O)O. The smallest absolute Gasteiger partial charge is 0.341 e. The predicted octanol–water partition coefficient (Wildman–Crippen LogP) is 1.43. The molecular formula is C16H20N2O5. The second kappa shape index (κ2) is 7.98. The Morgan fingerprint density at radius 3 is 2.43 bits per heavy atom. The van der Waals surface area contributed by atoms with Crippen molar-refractivity contribution in [1.29, 1.82) is 0 Å². The first-order valence-corrected chi connectivity index (χ1v) is 7.03. The van der Waals surface area contributed by atoms with E-state index in [-0.39, 0.29) is 11.3 Å². The molecule has 0 atom stereocenters. The third-order valence-electron chi connectivity index (χ3n) is 3.30. The number of benzene rings is 1. The summed E-state index contributed by atoms with van der Waals surface area (Å²) in [6, 6.07) is 4.89. The van der Waals surface area contributed by atoms with Gasteiger partial charge in [-0.3, -0.25) is 9.59 Å². The number of carboxylic acids is 1. The largest absolute Gasteiger partial charge is 0.481 e. The summed E-state index contributed by atoms with van der Waals surface area (Å²) in [5.41, 5.74) is 6.80. The van der Waals surface area contributed by atoms with Crippen LogP contribution >= 0.6 is 0 Å². The van der Waals surface area contributed by atoms with Gasteiger partial charge in [0.2, 0.25) is 0 Å². The molecule has 0 unspecified atom stereocenters. The second-order valence-electron chi connectivity index (χ2n) is 4.81. The molecule has 0 spiro atoms. The molecule has 4 N–H and O–H groups in total. The quantitative estimate of drug-likeness (QED) is 0.492. The van der Waals surface area contributed by atoms with Crippen molar-refractivity contribution in [2.24, 2.45) is 5.73 Å². The van der Waals surface area contributed by atoms with E-state index in [1.807, 2.05) is 6.92 Å². The highest BCUT2D eigenvalue weighted by Crippen LogP contribution is 2.36. The highest BCUT2D eigenvalue weighted by atomic mass is 16.5. The number of ketones is 1. The Morgan fingerprint density at radius 1 is 1.30 bits per heavy atom. The molecule has 1 aromatic carbocycles. The monoisotopic (exact) mass is 320 g/mol. The summed E-state index contributed by atoms with van der Waals surface area (Å²) in [7, 11) is 1.65. The lowest BCUT2D eigenvalue weighted by Gasteiger charge is -2.18. The number of hydrogen-bond acceptors (Lipinski definition) is 5. The van der Waals surface area contributed by atoms with Crippen LogP contribution in [0.3, 0.4) is 0 Å². The van der Waals surface area contributed by atoms with E-state index < -0.39 is 24.3 Å². The van der Waals surface area contributed by atoms with Crippen molar-refractivity contribution in [1.82, 2.24) is 0 Å². The van der Waals surface area contributed by atoms with Crippen LogP contribution in [0.5, 0.6) is 5.75 Å². The molecule has 0 aliphatic rings. The van der Waals surface area contributed by atoms with Crippen molar-refractivity contribution in [3.63, 3.8) is 0 Å². The van der Waals surface area contributed by atoms with E-state index in [4.69, 9.17) is 15.6 Å². The Kier molecular flexibility index (Phi) is 6.32. The third-order valence-corrected chi connectivity index (χ3v) is 3.30. The Morgan fingerprint density at radius 2 is 1.96 bits per heavy atom. The Balaban J connectivity index is 3.59. The van der Waals surface area contributed by atoms with Crippen LogP contribution in [-0.4, -0.2) is 36.4 Å². The van der Waals surface area contributed by atoms with Crippen LogP contribution < -0.4 is 15.8 Å². The number of primary amides is 1. The zero-order valence-corrected chi connectivity index (χ0v) is 13.3. The molecule has 124 valence electrons. The minimum absolute atomic E-state index is 0.130. The number of nitrogens with two attached hydrogens (primary N) is 1. The van der Waals surface area contributed by atoms with E-state index in [1.165, 1.54) is 6.07 Å². The zero-order chi connectivity index (χ0) is 17.6. The van der Waals surface area contributed by atoms with E-state index in [0.717, 1.165) is 0 Å². The first-order chi connectivity index (χ1) is 10.8. The number of allylic oxidation sites excluding steroid dienone is 1. The van der Waals surface area contributed by atoms with Crippen molar-refractivity contribution in [2.75, 3.05) is 19.0 Å². The summed E-state index contributed by atoms with van der Waals surface area (Å²) < 4.78 is 5.27. The van der Waals surface area contributed by atoms with E-state index in [1.54, 1.807) is 26.1 Å². The number of nitrogens with one attached hydrogen (secondary N) is 1. The molecule has 0 saturated carbocycles. The van der Waals surface area contributed by atoms with Gasteiger partial charge in [0.15, 0.2) is 6.61 Å². The van der Waals surface area contributed by atoms with Gasteiger partial charge in [0.05, 0.1) is 5.56 Å². The lowest BCUT2D eigenvalue weighted by molar-refractivity contribution is -0.139. The maximum atomic E-state index is 12.3. The molecule has 0 fully saturated rings. The van der Waals surface area contributed by atoms with Crippen molar-refractivity contribution < 1.29 is 24.2 Å². The van der Waals surface area contributed by atoms with Crippen LogP contribution in [0.2, 0.25) is 0 Å². The number of carbonyl (C=O) groups is 3. The maximum Gasteiger partial charge on any atom is 0.341 e. The average molecular weight is 320 g/mol. The fraction of sp³-hybridized carbons (Fsp3) is 0.312. The molecule has 0 heterocycles. The summed E-state index contributed by atoms with van der Waals surface area (Å²) in [6.45, 7) is 2.98. The van der Waals surface area contributed by atoms with E-state index in [2.05, 4.69) is 5.32 Å². The number of anilines is 1. The lowest BCUT2D eigenvalue weighted by atomic mass is 9.93. The zero-order valence-electron chi connectivity index (χ0n) is 13.3. The van der Waals surface area contributed by atoms with Crippen LogP contribution in [0.4, 0.5) is 5.69 Å². The van der Waals surface area contributed by atoms with Crippen LogP contribution in [0, 0.1) is 0 Å². The number of carbonyl (C=O) groups excluding carboxylic acids is 2. The molecule has 1 rings (SSSR count). The van der Waals surface area contributed by atoms with Gasteiger partial charge in [0.25, 0.3) is 11.7 Å². The van der Waals surface area contributed by atoms with Gasteiger partial charge in [-0.25, -0.2) is 4.79 Å². The topological polar surface area (TPSA) is 119 Å². The molecule has 0 aliphatic heterocycles. The average Bonchev–Trinajstić information content (AvgIpc) is 2.52. The Bertz CT molecular complexity index is 664. The summed E-state index contributed by atoms with van der Waals surface area (Å²) in [5, 5.41) is 11.7. The van der Waals surface area contributed by atoms with Crippen molar-refractivity contribution in [3.05, 3.63) is 29.3 Å². The molecule has 0 saturated heterocycles. The van der Waals surface area contributed by atoms with Gasteiger partial charge in [0, 0.05) is 18.3 Å². The Hall–Kier alpha value is -2.83. The van der Waals surface area contributed by atoms with E-state index in [9.17, 15) is 14.4 Å². The highest BCUT2D eigenvalue weighted by Gasteiger charge is 2.25. The number of Topliss-reactive ketones (excluding diaryl/α,β-unsaturated/α-hetero) is 1. The highest BCUT2D eigenvalue weighted by molar-refractivity contribution is 6.53. The minimum Gasteiger partial charge on any atom is -0.481 e. The van der Waals surface area contributed by atoms with Crippen LogP contribution in [0.15, 0.2) is 23.8 Å². The molecule has 0 aliphatic carbocycles. The van der Waals surface area contributed by atoms with E-state index in [0.29, 0.717) is 23.2 Å². The van der Waals surface area contributed by atoms with E-state index >= 15 is 0 Å². The predicted molar refractivity (Wildman–Crippen MR) is 86.2 cm³/mol. The third kappa shape index (κ3) is 4.32. The number of ether oxygens (including phenoxy) is 1. The molecule has 1 aromatic rings. The van der Waals surface area contributed by atoms with Gasteiger partial charge in [-0.15, -0.1) is 0 Å². The van der Waals surface area contributed by atoms with Crippen molar-refractivity contribution in [2.45, 2.75) is 20.3 Å². The molecule has 7 nitrogen and oxygen atoms in total. The van der Waals surface area contributed by atoms with Gasteiger partial charge in [-0.05, 0) is 25.5 Å². The van der Waals surface area contributed by atoms with Crippen molar-refractivity contribution >= 4 is 28.9 Å². The molecule has 0 radical (unpaired) electrons. The summed E-state index contributed by atoms with van der Waals surface area (Å²) in [5.74, 6) is -2.88. The molecule has 0 aromatic heterocycles. The van der Waals surface area contributed by atoms with Crippen LogP contribution in [-0.2, 0) is 14.4 Å². The Labute approximate surface area is 134 Å². The van der Waals surface area contributed by atoms with Gasteiger partial charge in [-0.1, -0.05) is 18.6 Å². The first kappa shape index (κ1) is 18.2. The van der Waals surface area contributed by atoms with Gasteiger partial charge < -0.3 is 20.9 Å². The number of amides is 1. The fourth-order valence-electron chi connectivity index (χ4n) is 2.08. The normalized spacial score (nSPS) is 11.4. The molecule has 7 heteroatoms. The number of rotatable bonds is 8. The maximum absolute atomic E-state index is 12.3. The molecule has 0 bridgehead atoms. The summed E-state index contributed by atoms with van der Waals surface area (Å²) in [6.07, 6.45) is 0.519. The summed E-state index contributed by atoms with van der Waals surface area (Å²) in [4.78, 5) is 34.4. The summed E-state index contributed by atoms with van der Waals surface area (Å²) >= 11 is 0. The van der Waals surface area contributed by atoms with Crippen LogP contribution in [0.1, 0.15) is 25.8 Å². The minimum atomic E-state index is -1.15. The van der Waals surface area contributed by atoms with Gasteiger partial charge in [0.1, 0.15) is 5.75 Å². The fourth-order valence-corrected chi connectivity index (χ4v) is 2.08. The van der Waals surface area contributed by atoms with Crippen molar-refractivity contribution in [3.8, 4) is 5.75 Å². The lowest BCUT2D eigenvalue weighted by Crippen LogP contribution is -2.25. The first-order valence-electron chi connectivity index (χ1n) is 7.03.